The fourth-order valence-corrected chi connectivity index (χ4v) is 4.70. The molecule has 0 bridgehead atoms. The van der Waals surface area contributed by atoms with Gasteiger partial charge in [-0.15, -0.1) is 0 Å². The van der Waals surface area contributed by atoms with Gasteiger partial charge in [0.05, 0.1) is 22.9 Å². The van der Waals surface area contributed by atoms with E-state index in [1.807, 2.05) is 91.1 Å². The lowest BCUT2D eigenvalue weighted by molar-refractivity contribution is 1.07. The van der Waals surface area contributed by atoms with Crippen LogP contribution in [-0.2, 0) is 0 Å². The Bertz CT molecular complexity index is 1880. The average molecular weight is 514 g/mol. The van der Waals surface area contributed by atoms with Crippen molar-refractivity contribution in [2.24, 2.45) is 0 Å². The highest BCUT2D eigenvalue weighted by Crippen LogP contribution is 2.29. The maximum Gasteiger partial charge on any atom is 0.164 e. The summed E-state index contributed by atoms with van der Waals surface area (Å²) in [6.45, 7) is 0. The molecule has 5 nitrogen and oxygen atoms in total. The predicted molar refractivity (Wildman–Crippen MR) is 160 cm³/mol. The van der Waals surface area contributed by atoms with Crippen molar-refractivity contribution in [3.8, 4) is 56.5 Å². The Balaban J connectivity index is 1.24. The summed E-state index contributed by atoms with van der Waals surface area (Å²) in [5.41, 5.74) is 8.68. The molecule has 0 amide bonds. The standard InChI is InChI=1S/C35H23N5/c1-3-10-25(11-4-1)33-38-34(26-12-5-2-6-13-26)40-35(39-33)27-20-18-24(19-21-27)28-14-9-15-29(22-28)32-23-36-30-16-7-8-17-31(30)37-32/h1-23H. The lowest BCUT2D eigenvalue weighted by atomic mass is 10.0. The summed E-state index contributed by atoms with van der Waals surface area (Å²) in [5, 5.41) is 0. The van der Waals surface area contributed by atoms with Crippen LogP contribution in [0.3, 0.4) is 0 Å². The molecule has 188 valence electrons. The molecule has 7 aromatic rings. The van der Waals surface area contributed by atoms with Gasteiger partial charge in [-0.1, -0.05) is 115 Å². The predicted octanol–water partition coefficient (Wildman–Crippen LogP) is 8.15. The van der Waals surface area contributed by atoms with Gasteiger partial charge >= 0.3 is 0 Å². The molecule has 5 heteroatoms. The Morgan fingerprint density at radius 3 is 1.43 bits per heavy atom. The second-order valence-electron chi connectivity index (χ2n) is 9.44. The van der Waals surface area contributed by atoms with E-state index in [1.165, 1.54) is 0 Å². The lowest BCUT2D eigenvalue weighted by Gasteiger charge is -2.09. The largest absolute Gasteiger partial charge is 0.252 e. The number of hydrogen-bond acceptors (Lipinski definition) is 5. The second kappa shape index (κ2) is 10.3. The van der Waals surface area contributed by atoms with Crippen molar-refractivity contribution in [1.82, 2.24) is 24.9 Å². The van der Waals surface area contributed by atoms with E-state index in [4.69, 9.17) is 19.9 Å². The topological polar surface area (TPSA) is 64.5 Å². The van der Waals surface area contributed by atoms with E-state index in [1.54, 1.807) is 0 Å². The van der Waals surface area contributed by atoms with Crippen LogP contribution in [0.1, 0.15) is 0 Å². The Kier molecular flexibility index (Phi) is 6.07. The monoisotopic (exact) mass is 513 g/mol. The van der Waals surface area contributed by atoms with Crippen molar-refractivity contribution in [2.45, 2.75) is 0 Å². The summed E-state index contributed by atoms with van der Waals surface area (Å²) in [4.78, 5) is 23.9. The maximum absolute atomic E-state index is 4.84. The van der Waals surface area contributed by atoms with Crippen molar-refractivity contribution in [2.75, 3.05) is 0 Å². The molecule has 40 heavy (non-hydrogen) atoms. The highest BCUT2D eigenvalue weighted by atomic mass is 15.0. The van der Waals surface area contributed by atoms with Gasteiger partial charge in [0.15, 0.2) is 17.5 Å². The molecular formula is C35H23N5. The number of fused-ring (bicyclic) bond motifs is 1. The quantitative estimate of drug-likeness (QED) is 0.232. The molecule has 2 aromatic heterocycles. The van der Waals surface area contributed by atoms with E-state index >= 15 is 0 Å². The van der Waals surface area contributed by atoms with Gasteiger partial charge in [0.2, 0.25) is 0 Å². The zero-order chi connectivity index (χ0) is 26.7. The molecular weight excluding hydrogens is 490 g/mol. The van der Waals surface area contributed by atoms with Gasteiger partial charge in [0, 0.05) is 22.3 Å². The van der Waals surface area contributed by atoms with Gasteiger partial charge in [-0.2, -0.15) is 0 Å². The van der Waals surface area contributed by atoms with Crippen LogP contribution < -0.4 is 0 Å². The summed E-state index contributed by atoms with van der Waals surface area (Å²) in [5.74, 6) is 1.94. The Labute approximate surface area is 231 Å². The van der Waals surface area contributed by atoms with Gasteiger partial charge in [-0.05, 0) is 29.3 Å². The number of aromatic nitrogens is 5. The van der Waals surface area contributed by atoms with Crippen LogP contribution in [0.25, 0.3) is 67.6 Å². The molecule has 0 aliphatic rings. The van der Waals surface area contributed by atoms with Gasteiger partial charge in [-0.25, -0.2) is 19.9 Å². The van der Waals surface area contributed by atoms with Crippen LogP contribution in [0.4, 0.5) is 0 Å². The van der Waals surface area contributed by atoms with Gasteiger partial charge in [0.1, 0.15) is 0 Å². The molecule has 5 aromatic carbocycles. The SMILES string of the molecule is c1ccc(-c2nc(-c3ccccc3)nc(-c3ccc(-c4cccc(-c5cnc6ccccc6n5)c4)cc3)n2)cc1. The normalized spacial score (nSPS) is 11.0. The van der Waals surface area contributed by atoms with E-state index in [0.717, 1.165) is 50.1 Å². The first-order valence-corrected chi connectivity index (χ1v) is 13.1. The van der Waals surface area contributed by atoms with Crippen molar-refractivity contribution in [1.29, 1.82) is 0 Å². The van der Waals surface area contributed by atoms with Gasteiger partial charge in [-0.3, -0.25) is 4.98 Å². The zero-order valence-corrected chi connectivity index (χ0v) is 21.5. The third-order valence-electron chi connectivity index (χ3n) is 6.78. The maximum atomic E-state index is 4.84. The minimum absolute atomic E-state index is 0.638. The first kappa shape index (κ1) is 23.6. The van der Waals surface area contributed by atoms with Gasteiger partial charge in [0.25, 0.3) is 0 Å². The smallest absolute Gasteiger partial charge is 0.164 e. The highest BCUT2D eigenvalue weighted by molar-refractivity contribution is 5.79. The molecule has 0 aliphatic carbocycles. The fraction of sp³-hybridized carbons (Fsp3) is 0. The Hall–Kier alpha value is -5.55. The molecule has 0 aliphatic heterocycles. The molecule has 0 N–H and O–H groups in total. The number of benzene rings is 5. The Morgan fingerprint density at radius 1 is 0.325 bits per heavy atom. The molecule has 0 saturated heterocycles. The van der Waals surface area contributed by atoms with Crippen LogP contribution in [0.15, 0.2) is 140 Å². The van der Waals surface area contributed by atoms with Crippen molar-refractivity contribution in [3.63, 3.8) is 0 Å². The molecule has 2 heterocycles. The molecule has 0 spiro atoms. The lowest BCUT2D eigenvalue weighted by Crippen LogP contribution is -2.00. The Morgan fingerprint density at radius 2 is 0.800 bits per heavy atom. The molecule has 0 radical (unpaired) electrons. The fourth-order valence-electron chi connectivity index (χ4n) is 4.70. The first-order chi connectivity index (χ1) is 19.8. The average Bonchev–Trinajstić information content (AvgIpc) is 3.05. The van der Waals surface area contributed by atoms with E-state index < -0.39 is 0 Å². The molecule has 0 saturated carbocycles. The van der Waals surface area contributed by atoms with Crippen molar-refractivity contribution in [3.05, 3.63) is 140 Å². The van der Waals surface area contributed by atoms with Crippen LogP contribution in [0, 0.1) is 0 Å². The number of para-hydroxylation sites is 2. The van der Waals surface area contributed by atoms with Crippen LogP contribution in [0.2, 0.25) is 0 Å². The molecule has 0 atom stereocenters. The zero-order valence-electron chi connectivity index (χ0n) is 21.5. The first-order valence-electron chi connectivity index (χ1n) is 13.1. The third-order valence-corrected chi connectivity index (χ3v) is 6.78. The minimum atomic E-state index is 0.638. The van der Waals surface area contributed by atoms with Crippen LogP contribution in [-0.4, -0.2) is 24.9 Å². The van der Waals surface area contributed by atoms with Gasteiger partial charge < -0.3 is 0 Å². The van der Waals surface area contributed by atoms with E-state index in [9.17, 15) is 0 Å². The van der Waals surface area contributed by atoms with Crippen molar-refractivity contribution >= 4 is 11.0 Å². The van der Waals surface area contributed by atoms with Crippen molar-refractivity contribution < 1.29 is 0 Å². The number of hydrogen-bond donors (Lipinski definition) is 0. The third kappa shape index (κ3) is 4.72. The molecule has 7 rings (SSSR count). The van der Waals surface area contributed by atoms with Crippen LogP contribution in [0.5, 0.6) is 0 Å². The molecule has 0 fully saturated rings. The second-order valence-corrected chi connectivity index (χ2v) is 9.44. The summed E-state index contributed by atoms with van der Waals surface area (Å²) >= 11 is 0. The summed E-state index contributed by atoms with van der Waals surface area (Å²) < 4.78 is 0. The summed E-state index contributed by atoms with van der Waals surface area (Å²) in [6.07, 6.45) is 1.83. The van der Waals surface area contributed by atoms with E-state index in [2.05, 4.69) is 53.5 Å². The highest BCUT2D eigenvalue weighted by Gasteiger charge is 2.12. The summed E-state index contributed by atoms with van der Waals surface area (Å²) in [6, 6.07) is 44.7. The van der Waals surface area contributed by atoms with Crippen LogP contribution >= 0.6 is 0 Å². The number of rotatable bonds is 5. The summed E-state index contributed by atoms with van der Waals surface area (Å²) in [7, 11) is 0. The molecule has 0 unspecified atom stereocenters. The number of nitrogens with zero attached hydrogens (tertiary/aromatic N) is 5. The van der Waals surface area contributed by atoms with E-state index in [-0.39, 0.29) is 0 Å². The minimum Gasteiger partial charge on any atom is -0.252 e. The van der Waals surface area contributed by atoms with E-state index in [0.29, 0.717) is 17.5 Å².